The van der Waals surface area contributed by atoms with Gasteiger partial charge in [-0.15, -0.1) is 0 Å². The van der Waals surface area contributed by atoms with Gasteiger partial charge >= 0.3 is 5.69 Å². The maximum absolute atomic E-state index is 12.4. The van der Waals surface area contributed by atoms with Crippen LogP contribution >= 0.6 is 0 Å². The van der Waals surface area contributed by atoms with E-state index in [1.54, 1.807) is 30.2 Å². The van der Waals surface area contributed by atoms with Gasteiger partial charge in [-0.2, -0.15) is 10.1 Å². The van der Waals surface area contributed by atoms with E-state index >= 15 is 0 Å². The predicted octanol–water partition coefficient (Wildman–Crippen LogP) is 0.295. The summed E-state index contributed by atoms with van der Waals surface area (Å²) in [7, 11) is 3.03. The van der Waals surface area contributed by atoms with Crippen molar-refractivity contribution < 1.29 is 0 Å². The van der Waals surface area contributed by atoms with Crippen molar-refractivity contribution in [3.63, 3.8) is 0 Å². The van der Waals surface area contributed by atoms with Crippen molar-refractivity contribution in [1.82, 2.24) is 23.7 Å². The van der Waals surface area contributed by atoms with Gasteiger partial charge in [-0.25, -0.2) is 10.2 Å². The van der Waals surface area contributed by atoms with Crippen molar-refractivity contribution in [3.8, 4) is 0 Å². The van der Waals surface area contributed by atoms with Gasteiger partial charge in [-0.05, 0) is 24.6 Å². The summed E-state index contributed by atoms with van der Waals surface area (Å²) >= 11 is 0. The fraction of sp³-hybridized carbons (Fsp3) is 0.267. The van der Waals surface area contributed by atoms with E-state index in [1.807, 2.05) is 19.1 Å². The Kier molecular flexibility index (Phi) is 3.98. The fourth-order valence-corrected chi connectivity index (χ4v) is 2.45. The first-order valence-corrected chi connectivity index (χ1v) is 7.40. The summed E-state index contributed by atoms with van der Waals surface area (Å²) in [6.07, 6.45) is 4.96. The number of imidazole rings is 1. The first kappa shape index (κ1) is 15.7. The average molecular weight is 327 g/mol. The molecule has 0 amide bonds. The van der Waals surface area contributed by atoms with Gasteiger partial charge < -0.3 is 4.57 Å². The number of rotatable bonds is 4. The van der Waals surface area contributed by atoms with Crippen LogP contribution in [0.2, 0.25) is 0 Å². The molecule has 0 spiro atoms. The molecular formula is C15H17N7O2. The van der Waals surface area contributed by atoms with Crippen molar-refractivity contribution in [2.24, 2.45) is 19.2 Å². The SMILES string of the molecule is CCn1c(N/N=C\c2ccncc2)nc2c1c(=O)n(C)c(=O)n2C. The van der Waals surface area contributed by atoms with Crippen molar-refractivity contribution in [2.45, 2.75) is 13.5 Å². The molecule has 3 aromatic heterocycles. The molecule has 0 bridgehead atoms. The molecule has 0 unspecified atom stereocenters. The molecule has 3 heterocycles. The Morgan fingerprint density at radius 3 is 2.58 bits per heavy atom. The summed E-state index contributed by atoms with van der Waals surface area (Å²) < 4.78 is 4.11. The molecule has 9 nitrogen and oxygen atoms in total. The molecular weight excluding hydrogens is 310 g/mol. The van der Waals surface area contributed by atoms with Crippen LogP contribution in [0.4, 0.5) is 5.95 Å². The highest BCUT2D eigenvalue weighted by molar-refractivity contribution is 5.80. The summed E-state index contributed by atoms with van der Waals surface area (Å²) in [4.78, 5) is 32.7. The molecule has 0 fully saturated rings. The van der Waals surface area contributed by atoms with Crippen molar-refractivity contribution in [2.75, 3.05) is 5.43 Å². The van der Waals surface area contributed by atoms with Crippen LogP contribution in [0.3, 0.4) is 0 Å². The molecule has 3 rings (SSSR count). The van der Waals surface area contributed by atoms with Crippen LogP contribution in [0.15, 0.2) is 39.2 Å². The molecule has 24 heavy (non-hydrogen) atoms. The predicted molar refractivity (Wildman–Crippen MR) is 91.3 cm³/mol. The molecule has 0 saturated heterocycles. The highest BCUT2D eigenvalue weighted by atomic mass is 16.2. The lowest BCUT2D eigenvalue weighted by molar-refractivity contribution is 0.700. The number of aryl methyl sites for hydroxylation is 2. The highest BCUT2D eigenvalue weighted by Gasteiger charge is 2.17. The quantitative estimate of drug-likeness (QED) is 0.549. The molecule has 0 atom stereocenters. The fourth-order valence-electron chi connectivity index (χ4n) is 2.45. The Morgan fingerprint density at radius 2 is 1.92 bits per heavy atom. The van der Waals surface area contributed by atoms with E-state index in [0.29, 0.717) is 23.7 Å². The zero-order chi connectivity index (χ0) is 17.3. The van der Waals surface area contributed by atoms with E-state index in [0.717, 1.165) is 10.1 Å². The summed E-state index contributed by atoms with van der Waals surface area (Å²) in [5, 5.41) is 4.14. The second-order valence-electron chi connectivity index (χ2n) is 5.21. The van der Waals surface area contributed by atoms with Gasteiger partial charge in [0.15, 0.2) is 11.2 Å². The van der Waals surface area contributed by atoms with E-state index in [1.165, 1.54) is 11.6 Å². The summed E-state index contributed by atoms with van der Waals surface area (Å²) in [6.45, 7) is 2.40. The van der Waals surface area contributed by atoms with E-state index in [9.17, 15) is 9.59 Å². The third-order valence-electron chi connectivity index (χ3n) is 3.75. The van der Waals surface area contributed by atoms with Crippen LogP contribution in [0.5, 0.6) is 0 Å². The molecule has 124 valence electrons. The summed E-state index contributed by atoms with van der Waals surface area (Å²) in [5.41, 5.74) is 3.60. The maximum Gasteiger partial charge on any atom is 0.332 e. The minimum absolute atomic E-state index is 0.326. The second-order valence-corrected chi connectivity index (χ2v) is 5.21. The first-order valence-electron chi connectivity index (χ1n) is 7.40. The minimum atomic E-state index is -0.417. The average Bonchev–Trinajstić information content (AvgIpc) is 2.97. The molecule has 1 N–H and O–H groups in total. The second kappa shape index (κ2) is 6.11. The van der Waals surface area contributed by atoms with E-state index in [4.69, 9.17) is 0 Å². The van der Waals surface area contributed by atoms with E-state index in [2.05, 4.69) is 20.5 Å². The Morgan fingerprint density at radius 1 is 1.21 bits per heavy atom. The number of aromatic nitrogens is 5. The lowest BCUT2D eigenvalue weighted by Gasteiger charge is -2.05. The van der Waals surface area contributed by atoms with Crippen LogP contribution in [0.1, 0.15) is 12.5 Å². The monoisotopic (exact) mass is 327 g/mol. The molecule has 0 aliphatic carbocycles. The van der Waals surface area contributed by atoms with Gasteiger partial charge in [-0.3, -0.25) is 18.9 Å². The van der Waals surface area contributed by atoms with Crippen LogP contribution in [0, 0.1) is 0 Å². The number of hydrazone groups is 1. The zero-order valence-electron chi connectivity index (χ0n) is 13.6. The molecule has 0 aliphatic heterocycles. The smallest absolute Gasteiger partial charge is 0.303 e. The Labute approximate surface area is 136 Å². The molecule has 0 radical (unpaired) electrons. The molecule has 9 heteroatoms. The Bertz CT molecular complexity index is 1030. The minimum Gasteiger partial charge on any atom is -0.303 e. The van der Waals surface area contributed by atoms with Crippen molar-refractivity contribution >= 4 is 23.3 Å². The number of nitrogens with zero attached hydrogens (tertiary/aromatic N) is 6. The maximum atomic E-state index is 12.4. The zero-order valence-corrected chi connectivity index (χ0v) is 13.6. The van der Waals surface area contributed by atoms with Gasteiger partial charge in [0.05, 0.1) is 6.21 Å². The van der Waals surface area contributed by atoms with Gasteiger partial charge in [-0.1, -0.05) is 0 Å². The number of pyridine rings is 1. The number of anilines is 1. The van der Waals surface area contributed by atoms with Crippen LogP contribution in [-0.4, -0.2) is 29.9 Å². The Balaban J connectivity index is 2.08. The van der Waals surface area contributed by atoms with Gasteiger partial charge in [0.2, 0.25) is 5.95 Å². The van der Waals surface area contributed by atoms with Crippen LogP contribution in [-0.2, 0) is 20.6 Å². The normalized spacial score (nSPS) is 11.5. The van der Waals surface area contributed by atoms with Crippen molar-refractivity contribution in [1.29, 1.82) is 0 Å². The van der Waals surface area contributed by atoms with Gasteiger partial charge in [0.25, 0.3) is 5.56 Å². The number of nitrogens with one attached hydrogen (secondary N) is 1. The standard InChI is InChI=1S/C15H17N7O2/c1-4-22-11-12(20(2)15(24)21(3)13(11)23)18-14(22)19-17-9-10-5-7-16-8-6-10/h5-9H,4H2,1-3H3,(H,18,19)/b17-9-. The third-order valence-corrected chi connectivity index (χ3v) is 3.75. The first-order chi connectivity index (χ1) is 11.5. The summed E-state index contributed by atoms with van der Waals surface area (Å²) in [5.74, 6) is 0.399. The van der Waals surface area contributed by atoms with Gasteiger partial charge in [0.1, 0.15) is 0 Å². The van der Waals surface area contributed by atoms with Crippen LogP contribution < -0.4 is 16.7 Å². The topological polar surface area (TPSA) is 99.1 Å². The lowest BCUT2D eigenvalue weighted by atomic mass is 10.3. The molecule has 0 aliphatic rings. The Hall–Kier alpha value is -3.23. The largest absolute Gasteiger partial charge is 0.332 e. The molecule has 0 aromatic carbocycles. The highest BCUT2D eigenvalue weighted by Crippen LogP contribution is 2.15. The van der Waals surface area contributed by atoms with E-state index < -0.39 is 5.69 Å². The number of hydrogen-bond donors (Lipinski definition) is 1. The van der Waals surface area contributed by atoms with Crippen molar-refractivity contribution in [3.05, 3.63) is 50.9 Å². The number of hydrogen-bond acceptors (Lipinski definition) is 6. The lowest BCUT2D eigenvalue weighted by Crippen LogP contribution is -2.37. The van der Waals surface area contributed by atoms with E-state index in [-0.39, 0.29) is 5.56 Å². The van der Waals surface area contributed by atoms with Crippen LogP contribution in [0.25, 0.3) is 11.2 Å². The van der Waals surface area contributed by atoms with Gasteiger partial charge in [0, 0.05) is 33.0 Å². The molecule has 0 saturated carbocycles. The number of fused-ring (bicyclic) bond motifs is 1. The molecule has 3 aromatic rings. The third kappa shape index (κ3) is 2.49. The summed E-state index contributed by atoms with van der Waals surface area (Å²) in [6, 6.07) is 3.63.